The number of anilines is 1. The highest BCUT2D eigenvalue weighted by atomic mass is 16.3. The van der Waals surface area contributed by atoms with Crippen molar-refractivity contribution in [3.8, 4) is 0 Å². The summed E-state index contributed by atoms with van der Waals surface area (Å²) in [5, 5.41) is 16.6. The molecule has 0 fully saturated rings. The number of hydrogen-bond acceptors (Lipinski definition) is 4. The third-order valence-corrected chi connectivity index (χ3v) is 3.06. The van der Waals surface area contributed by atoms with Gasteiger partial charge in [0.05, 0.1) is 0 Å². The molecule has 0 unspecified atom stereocenters. The van der Waals surface area contributed by atoms with E-state index < -0.39 is 0 Å². The molecule has 0 saturated carbocycles. The van der Waals surface area contributed by atoms with Gasteiger partial charge in [-0.2, -0.15) is 9.61 Å². The lowest BCUT2D eigenvalue weighted by Gasteiger charge is -2.24. The van der Waals surface area contributed by atoms with Crippen LogP contribution in [0.3, 0.4) is 0 Å². The van der Waals surface area contributed by atoms with Crippen molar-refractivity contribution < 1.29 is 5.11 Å². The van der Waals surface area contributed by atoms with Gasteiger partial charge in [-0.1, -0.05) is 13.8 Å². The Balaban J connectivity index is 2.19. The fourth-order valence-corrected chi connectivity index (χ4v) is 1.90. The summed E-state index contributed by atoms with van der Waals surface area (Å²) < 4.78 is 1.79. The Morgan fingerprint density at radius 1 is 1.39 bits per heavy atom. The molecule has 2 N–H and O–H groups in total. The number of nitrogens with zero attached hydrogens (tertiary/aromatic N) is 3. The highest BCUT2D eigenvalue weighted by Gasteiger charge is 2.17. The summed E-state index contributed by atoms with van der Waals surface area (Å²) >= 11 is 0. The van der Waals surface area contributed by atoms with E-state index in [0.29, 0.717) is 0 Å². The first kappa shape index (κ1) is 12.8. The molecule has 98 valence electrons. The molecular weight excluding hydrogens is 228 g/mol. The molecule has 5 nitrogen and oxygen atoms in total. The Hall–Kier alpha value is -1.62. The molecule has 18 heavy (non-hydrogen) atoms. The van der Waals surface area contributed by atoms with Gasteiger partial charge in [-0.15, -0.1) is 0 Å². The van der Waals surface area contributed by atoms with Crippen molar-refractivity contribution in [1.82, 2.24) is 14.6 Å². The molecule has 0 spiro atoms. The second kappa shape index (κ2) is 4.94. The Bertz CT molecular complexity index is 533. The lowest BCUT2D eigenvalue weighted by molar-refractivity contribution is 0.220. The van der Waals surface area contributed by atoms with E-state index in [4.69, 9.17) is 5.11 Å². The molecule has 2 aromatic rings. The molecule has 0 aliphatic carbocycles. The monoisotopic (exact) mass is 248 g/mol. The molecule has 2 aromatic heterocycles. The van der Waals surface area contributed by atoms with Crippen LogP contribution in [0.1, 0.15) is 25.8 Å². The van der Waals surface area contributed by atoms with Crippen LogP contribution < -0.4 is 5.32 Å². The van der Waals surface area contributed by atoms with Gasteiger partial charge in [0.2, 0.25) is 0 Å². The molecule has 2 heterocycles. The van der Waals surface area contributed by atoms with Crippen LogP contribution in [0.25, 0.3) is 5.65 Å². The third-order valence-electron chi connectivity index (χ3n) is 3.06. The second-order valence-corrected chi connectivity index (χ2v) is 5.44. The zero-order valence-electron chi connectivity index (χ0n) is 11.1. The number of fused-ring (bicyclic) bond motifs is 1. The predicted octanol–water partition coefficient (Wildman–Crippen LogP) is 1.86. The van der Waals surface area contributed by atoms with Crippen molar-refractivity contribution in [3.05, 3.63) is 24.0 Å². The summed E-state index contributed by atoms with van der Waals surface area (Å²) in [6.45, 7) is 7.29. The van der Waals surface area contributed by atoms with Gasteiger partial charge in [0, 0.05) is 13.2 Å². The summed E-state index contributed by atoms with van der Waals surface area (Å²) in [4.78, 5) is 4.19. The fraction of sp³-hybridized carbons (Fsp3) is 0.538. The summed E-state index contributed by atoms with van der Waals surface area (Å²) in [6.07, 6.45) is 2.32. The number of aliphatic hydroxyl groups excluding tert-OH is 1. The molecule has 0 radical (unpaired) electrons. The SMILES string of the molecule is Cc1cc(NCC(C)(C)CCO)n2ncnc2c1. The predicted molar refractivity (Wildman–Crippen MR) is 71.7 cm³/mol. The molecule has 0 bridgehead atoms. The largest absolute Gasteiger partial charge is 0.396 e. The van der Waals surface area contributed by atoms with Gasteiger partial charge in [-0.3, -0.25) is 0 Å². The van der Waals surface area contributed by atoms with Crippen LogP contribution in [0.15, 0.2) is 18.5 Å². The van der Waals surface area contributed by atoms with Crippen molar-refractivity contribution in [2.45, 2.75) is 27.2 Å². The van der Waals surface area contributed by atoms with Gasteiger partial charge in [0.15, 0.2) is 5.65 Å². The van der Waals surface area contributed by atoms with E-state index in [2.05, 4.69) is 35.3 Å². The first-order chi connectivity index (χ1) is 8.52. The van der Waals surface area contributed by atoms with E-state index >= 15 is 0 Å². The molecule has 5 heteroatoms. The van der Waals surface area contributed by atoms with Crippen LogP contribution in [-0.2, 0) is 0 Å². The normalized spacial score (nSPS) is 12.0. The van der Waals surface area contributed by atoms with Crippen LogP contribution in [0.5, 0.6) is 0 Å². The minimum atomic E-state index is 0.0470. The highest BCUT2D eigenvalue weighted by molar-refractivity contribution is 5.51. The van der Waals surface area contributed by atoms with Crippen LogP contribution in [0.4, 0.5) is 5.82 Å². The number of hydrogen-bond donors (Lipinski definition) is 2. The maximum Gasteiger partial charge on any atom is 0.157 e. The Morgan fingerprint density at radius 2 is 2.17 bits per heavy atom. The molecule has 0 atom stereocenters. The average molecular weight is 248 g/mol. The van der Waals surface area contributed by atoms with Crippen molar-refractivity contribution >= 4 is 11.5 Å². The Morgan fingerprint density at radius 3 is 2.89 bits per heavy atom. The highest BCUT2D eigenvalue weighted by Crippen LogP contribution is 2.21. The van der Waals surface area contributed by atoms with Gasteiger partial charge in [0.1, 0.15) is 12.1 Å². The van der Waals surface area contributed by atoms with E-state index in [9.17, 15) is 0 Å². The lowest BCUT2D eigenvalue weighted by Crippen LogP contribution is -2.25. The van der Waals surface area contributed by atoms with E-state index in [1.165, 1.54) is 0 Å². The minimum absolute atomic E-state index is 0.0470. The zero-order chi connectivity index (χ0) is 13.2. The molecule has 0 aliphatic rings. The first-order valence-electron chi connectivity index (χ1n) is 6.17. The third kappa shape index (κ3) is 2.79. The van der Waals surface area contributed by atoms with E-state index in [1.54, 1.807) is 10.8 Å². The van der Waals surface area contributed by atoms with Crippen molar-refractivity contribution in [1.29, 1.82) is 0 Å². The van der Waals surface area contributed by atoms with Gasteiger partial charge in [-0.25, -0.2) is 4.98 Å². The quantitative estimate of drug-likeness (QED) is 0.847. The number of rotatable bonds is 5. The van der Waals surface area contributed by atoms with Crippen LogP contribution in [-0.4, -0.2) is 32.9 Å². The summed E-state index contributed by atoms with van der Waals surface area (Å²) in [6, 6.07) is 4.05. The number of nitrogens with one attached hydrogen (secondary N) is 1. The standard InChI is InChI=1S/C13H20N4O/c1-10-6-11(14-8-13(2,3)4-5-18)17-12(7-10)15-9-16-17/h6-7,9,14,18H,4-5,8H2,1-3H3. The minimum Gasteiger partial charge on any atom is -0.396 e. The summed E-state index contributed by atoms with van der Waals surface area (Å²) in [5.41, 5.74) is 2.04. The first-order valence-corrected chi connectivity index (χ1v) is 6.17. The lowest BCUT2D eigenvalue weighted by atomic mass is 9.90. The van der Waals surface area contributed by atoms with Gasteiger partial charge in [0.25, 0.3) is 0 Å². The van der Waals surface area contributed by atoms with Gasteiger partial charge < -0.3 is 10.4 Å². The maximum absolute atomic E-state index is 9.03. The Kier molecular flexibility index (Phi) is 3.52. The second-order valence-electron chi connectivity index (χ2n) is 5.44. The fourth-order valence-electron chi connectivity index (χ4n) is 1.90. The zero-order valence-corrected chi connectivity index (χ0v) is 11.1. The molecule has 0 aromatic carbocycles. The molecular formula is C13H20N4O. The van der Waals surface area contributed by atoms with Crippen LogP contribution in [0.2, 0.25) is 0 Å². The summed E-state index contributed by atoms with van der Waals surface area (Å²) in [7, 11) is 0. The Labute approximate surface area is 107 Å². The number of aromatic nitrogens is 3. The topological polar surface area (TPSA) is 62.5 Å². The number of aliphatic hydroxyl groups is 1. The molecule has 0 aliphatic heterocycles. The average Bonchev–Trinajstić information content (AvgIpc) is 2.73. The molecule has 0 amide bonds. The van der Waals surface area contributed by atoms with Crippen molar-refractivity contribution in [3.63, 3.8) is 0 Å². The van der Waals surface area contributed by atoms with E-state index in [1.807, 2.05) is 13.0 Å². The number of pyridine rings is 1. The van der Waals surface area contributed by atoms with Gasteiger partial charge >= 0.3 is 0 Å². The van der Waals surface area contributed by atoms with E-state index in [0.717, 1.165) is 30.0 Å². The van der Waals surface area contributed by atoms with Crippen LogP contribution >= 0.6 is 0 Å². The van der Waals surface area contributed by atoms with Gasteiger partial charge in [-0.05, 0) is 36.5 Å². The van der Waals surface area contributed by atoms with E-state index in [-0.39, 0.29) is 12.0 Å². The molecule has 0 saturated heterocycles. The van der Waals surface area contributed by atoms with Crippen molar-refractivity contribution in [2.24, 2.45) is 5.41 Å². The number of aryl methyl sites for hydroxylation is 1. The van der Waals surface area contributed by atoms with Crippen molar-refractivity contribution in [2.75, 3.05) is 18.5 Å². The molecule has 2 rings (SSSR count). The maximum atomic E-state index is 9.03. The smallest absolute Gasteiger partial charge is 0.157 e. The van der Waals surface area contributed by atoms with Crippen LogP contribution in [0, 0.1) is 12.3 Å². The summed E-state index contributed by atoms with van der Waals surface area (Å²) in [5.74, 6) is 0.938.